The molecule has 110 valence electrons. The van der Waals surface area contributed by atoms with Crippen molar-refractivity contribution >= 4 is 11.9 Å². The summed E-state index contributed by atoms with van der Waals surface area (Å²) in [5, 5.41) is 7.25. The molecule has 1 aromatic heterocycles. The van der Waals surface area contributed by atoms with Gasteiger partial charge in [0.1, 0.15) is 11.9 Å². The predicted molar refractivity (Wildman–Crippen MR) is 79.4 cm³/mol. The summed E-state index contributed by atoms with van der Waals surface area (Å²) in [7, 11) is 0. The Balaban J connectivity index is 1.81. The molecule has 0 atom stereocenters. The average Bonchev–Trinajstić information content (AvgIpc) is 3.08. The van der Waals surface area contributed by atoms with Crippen molar-refractivity contribution in [3.63, 3.8) is 0 Å². The van der Waals surface area contributed by atoms with Gasteiger partial charge in [-0.05, 0) is 22.9 Å². The van der Waals surface area contributed by atoms with Crippen LogP contribution in [-0.2, 0) is 6.54 Å². The van der Waals surface area contributed by atoms with E-state index in [0.717, 1.165) is 5.56 Å². The molecule has 0 saturated heterocycles. The lowest BCUT2D eigenvalue weighted by atomic mass is 10.2. The third-order valence-corrected chi connectivity index (χ3v) is 2.98. The Morgan fingerprint density at radius 1 is 1.05 bits per heavy atom. The lowest BCUT2D eigenvalue weighted by Gasteiger charge is -2.18. The number of hydrogen-bond donors (Lipinski definition) is 0. The lowest BCUT2D eigenvalue weighted by molar-refractivity contribution is 0.206. The third kappa shape index (κ3) is 3.29. The Hall–Kier alpha value is -3.15. The van der Waals surface area contributed by atoms with Crippen LogP contribution in [0.15, 0.2) is 71.5 Å². The third-order valence-electron chi connectivity index (χ3n) is 2.98. The van der Waals surface area contributed by atoms with E-state index in [-0.39, 0.29) is 0 Å². The highest BCUT2D eigenvalue weighted by Crippen LogP contribution is 2.17. The van der Waals surface area contributed by atoms with Crippen molar-refractivity contribution in [3.05, 3.63) is 72.4 Å². The van der Waals surface area contributed by atoms with Crippen molar-refractivity contribution in [2.24, 2.45) is 0 Å². The van der Waals surface area contributed by atoms with E-state index in [1.54, 1.807) is 24.3 Å². The number of benzene rings is 2. The van der Waals surface area contributed by atoms with Gasteiger partial charge in [0.15, 0.2) is 0 Å². The molecule has 3 rings (SSSR count). The molecule has 0 N–H and O–H groups in total. The summed E-state index contributed by atoms with van der Waals surface area (Å²) in [6, 6.07) is 18.4. The Morgan fingerprint density at radius 3 is 2.36 bits per heavy atom. The fourth-order valence-electron chi connectivity index (χ4n) is 1.93. The number of amides is 1. The van der Waals surface area contributed by atoms with Gasteiger partial charge in [-0.2, -0.15) is 0 Å². The summed E-state index contributed by atoms with van der Waals surface area (Å²) in [5.74, 6) is 0.756. The first-order valence-electron chi connectivity index (χ1n) is 6.69. The molecule has 3 aromatic rings. The highest BCUT2D eigenvalue weighted by Gasteiger charge is 2.21. The summed E-state index contributed by atoms with van der Waals surface area (Å²) in [6.07, 6.45) is 0.820. The molecule has 2 aromatic carbocycles. The van der Waals surface area contributed by atoms with Crippen LogP contribution in [0.25, 0.3) is 0 Å². The average molecular weight is 295 g/mol. The molecule has 0 radical (unpaired) electrons. The van der Waals surface area contributed by atoms with Gasteiger partial charge in [0.2, 0.25) is 5.82 Å². The molecule has 1 amide bonds. The predicted octanol–water partition coefficient (Wildman–Crippen LogP) is 3.28. The second-order valence-electron chi connectivity index (χ2n) is 4.52. The number of ether oxygens (including phenoxy) is 1. The maximum Gasteiger partial charge on any atom is 0.421 e. The molecule has 0 unspecified atom stereocenters. The SMILES string of the molecule is O=C(Oc1ccccc1)N(Cc1ccccc1)c1cnon1. The zero-order chi connectivity index (χ0) is 15.2. The Morgan fingerprint density at radius 2 is 1.73 bits per heavy atom. The number of aromatic nitrogens is 2. The fourth-order valence-corrected chi connectivity index (χ4v) is 1.93. The quantitative estimate of drug-likeness (QED) is 0.739. The van der Waals surface area contributed by atoms with E-state index in [4.69, 9.17) is 4.74 Å². The van der Waals surface area contributed by atoms with Crippen LogP contribution in [0.4, 0.5) is 10.6 Å². The van der Waals surface area contributed by atoms with Crippen LogP contribution in [0.3, 0.4) is 0 Å². The van der Waals surface area contributed by atoms with Crippen molar-refractivity contribution in [2.45, 2.75) is 6.54 Å². The number of rotatable bonds is 4. The van der Waals surface area contributed by atoms with Gasteiger partial charge in [-0.25, -0.2) is 9.42 Å². The number of carbonyl (C=O) groups excluding carboxylic acids is 1. The fraction of sp³-hybridized carbons (Fsp3) is 0.0625. The standard InChI is InChI=1S/C16H13N3O3/c20-16(21-14-9-5-2-6-10-14)19(15-11-17-22-18-15)12-13-7-3-1-4-8-13/h1-11H,12H2. The van der Waals surface area contributed by atoms with Crippen molar-refractivity contribution in [1.29, 1.82) is 0 Å². The maximum atomic E-state index is 12.4. The first-order valence-corrected chi connectivity index (χ1v) is 6.69. The molecule has 22 heavy (non-hydrogen) atoms. The Bertz CT molecular complexity index is 715. The first kappa shape index (κ1) is 13.8. The van der Waals surface area contributed by atoms with Crippen LogP contribution in [-0.4, -0.2) is 16.4 Å². The van der Waals surface area contributed by atoms with E-state index < -0.39 is 6.09 Å². The van der Waals surface area contributed by atoms with E-state index >= 15 is 0 Å². The van der Waals surface area contributed by atoms with Crippen LogP contribution < -0.4 is 9.64 Å². The van der Waals surface area contributed by atoms with Crippen LogP contribution >= 0.6 is 0 Å². The van der Waals surface area contributed by atoms with E-state index in [9.17, 15) is 4.79 Å². The van der Waals surface area contributed by atoms with Crippen LogP contribution in [0.1, 0.15) is 5.56 Å². The molecule has 0 aliphatic carbocycles. The minimum absolute atomic E-state index is 0.296. The number of nitrogens with zero attached hydrogens (tertiary/aromatic N) is 3. The topological polar surface area (TPSA) is 68.5 Å². The largest absolute Gasteiger partial charge is 0.421 e. The van der Waals surface area contributed by atoms with Gasteiger partial charge in [-0.15, -0.1) is 0 Å². The summed E-state index contributed by atoms with van der Waals surface area (Å²) in [6.45, 7) is 0.306. The van der Waals surface area contributed by atoms with Crippen LogP contribution in [0.5, 0.6) is 5.75 Å². The number of hydrogen-bond acceptors (Lipinski definition) is 5. The second kappa shape index (κ2) is 6.53. The Kier molecular flexibility index (Phi) is 4.10. The summed E-state index contributed by atoms with van der Waals surface area (Å²) in [5.41, 5.74) is 0.940. The zero-order valence-electron chi connectivity index (χ0n) is 11.6. The van der Waals surface area contributed by atoms with E-state index in [0.29, 0.717) is 18.1 Å². The number of carbonyl (C=O) groups is 1. The summed E-state index contributed by atoms with van der Waals surface area (Å²) < 4.78 is 9.93. The molecular formula is C16H13N3O3. The monoisotopic (exact) mass is 295 g/mol. The maximum absolute atomic E-state index is 12.4. The van der Waals surface area contributed by atoms with Gasteiger partial charge in [0.25, 0.3) is 0 Å². The Labute approximate surface area is 126 Å². The minimum atomic E-state index is -0.550. The normalized spacial score (nSPS) is 10.2. The molecule has 0 aliphatic heterocycles. The number of para-hydroxylation sites is 1. The molecule has 0 fully saturated rings. The van der Waals surface area contributed by atoms with Crippen molar-refractivity contribution in [1.82, 2.24) is 10.3 Å². The molecule has 0 aliphatic rings. The zero-order valence-corrected chi connectivity index (χ0v) is 11.6. The number of anilines is 1. The first-order chi connectivity index (χ1) is 10.8. The molecule has 0 bridgehead atoms. The summed E-state index contributed by atoms with van der Waals surface area (Å²) >= 11 is 0. The molecule has 6 heteroatoms. The van der Waals surface area contributed by atoms with Gasteiger partial charge < -0.3 is 4.74 Å². The molecule has 0 spiro atoms. The smallest absolute Gasteiger partial charge is 0.410 e. The van der Waals surface area contributed by atoms with Crippen molar-refractivity contribution in [2.75, 3.05) is 4.90 Å². The van der Waals surface area contributed by atoms with Gasteiger partial charge in [0, 0.05) is 0 Å². The van der Waals surface area contributed by atoms with Crippen molar-refractivity contribution < 1.29 is 14.2 Å². The molecular weight excluding hydrogens is 282 g/mol. The van der Waals surface area contributed by atoms with Crippen molar-refractivity contribution in [3.8, 4) is 5.75 Å². The second-order valence-corrected chi connectivity index (χ2v) is 4.52. The van der Waals surface area contributed by atoms with Crippen LogP contribution in [0, 0.1) is 0 Å². The van der Waals surface area contributed by atoms with E-state index in [1.165, 1.54) is 11.1 Å². The minimum Gasteiger partial charge on any atom is -0.410 e. The van der Waals surface area contributed by atoms with Crippen LogP contribution in [0.2, 0.25) is 0 Å². The lowest BCUT2D eigenvalue weighted by Crippen LogP contribution is -2.33. The van der Waals surface area contributed by atoms with E-state index in [2.05, 4.69) is 14.9 Å². The van der Waals surface area contributed by atoms with E-state index in [1.807, 2.05) is 36.4 Å². The highest BCUT2D eigenvalue weighted by molar-refractivity contribution is 5.87. The summed E-state index contributed by atoms with van der Waals surface area (Å²) in [4.78, 5) is 13.8. The molecule has 6 nitrogen and oxygen atoms in total. The molecule has 0 saturated carbocycles. The highest BCUT2D eigenvalue weighted by atomic mass is 16.6. The van der Waals surface area contributed by atoms with Gasteiger partial charge in [-0.3, -0.25) is 4.90 Å². The molecule has 1 heterocycles. The van der Waals surface area contributed by atoms with Gasteiger partial charge >= 0.3 is 6.09 Å². The van der Waals surface area contributed by atoms with Gasteiger partial charge in [0.05, 0.1) is 6.54 Å². The van der Waals surface area contributed by atoms with Gasteiger partial charge in [-0.1, -0.05) is 53.7 Å².